The second-order valence-electron chi connectivity index (χ2n) is 17.6. The SMILES string of the molecule is CC(C)(C)c1ccnc(-n2c3cc(Oc4cccc(-n5[c-][n+](-c6cccc(C(C)(C)c7ccccc7)c6)cc5)c4)ccc3c3c(C(C)(C)c4ccccc4)cccc32)c1. The molecule has 5 heteroatoms. The van der Waals surface area contributed by atoms with Crippen LogP contribution in [-0.2, 0) is 16.2 Å². The van der Waals surface area contributed by atoms with Gasteiger partial charge >= 0.3 is 0 Å². The monoisotopic (exact) mass is 770 g/mol. The lowest BCUT2D eigenvalue weighted by atomic mass is 9.76. The summed E-state index contributed by atoms with van der Waals surface area (Å²) in [5, 5.41) is 2.38. The maximum absolute atomic E-state index is 6.70. The molecular weight excluding hydrogens is 721 g/mol. The molecule has 9 rings (SSSR count). The van der Waals surface area contributed by atoms with Crippen LogP contribution in [0, 0.1) is 6.33 Å². The van der Waals surface area contributed by atoms with Crippen LogP contribution in [0.1, 0.15) is 76.3 Å². The standard InChI is InChI=1S/C54H50N4O/c1-52(2,3)40-29-30-55-50(34-40)58-48-26-16-25-47(54(6,7)39-19-12-9-13-20-39)51(48)46-28-27-45(36-49(46)58)59-44-24-15-23-43(35-44)57-32-31-56(37-57)42-22-14-21-41(33-42)53(4,5)38-17-10-8-11-18-38/h8-36H,1-7H3. The minimum atomic E-state index is -0.245. The van der Waals surface area contributed by atoms with Gasteiger partial charge in [-0.05, 0) is 93.9 Å². The van der Waals surface area contributed by atoms with E-state index in [9.17, 15) is 0 Å². The Bertz CT molecular complexity index is 2950. The number of imidazole rings is 1. The number of rotatable bonds is 9. The Morgan fingerprint density at radius 2 is 1.24 bits per heavy atom. The predicted molar refractivity (Wildman–Crippen MR) is 241 cm³/mol. The Morgan fingerprint density at radius 1 is 0.559 bits per heavy atom. The first kappa shape index (κ1) is 37.8. The van der Waals surface area contributed by atoms with Crippen LogP contribution in [-0.4, -0.2) is 14.1 Å². The summed E-state index contributed by atoms with van der Waals surface area (Å²) in [6, 6.07) is 55.8. The zero-order chi connectivity index (χ0) is 40.9. The van der Waals surface area contributed by atoms with E-state index in [0.29, 0.717) is 0 Å². The van der Waals surface area contributed by atoms with Gasteiger partial charge in [-0.2, -0.15) is 0 Å². The van der Waals surface area contributed by atoms with E-state index in [1.54, 1.807) is 0 Å². The van der Waals surface area contributed by atoms with Gasteiger partial charge in [0, 0.05) is 46.3 Å². The normalized spacial score (nSPS) is 12.3. The Kier molecular flexibility index (Phi) is 9.35. The molecule has 0 saturated carbocycles. The first-order chi connectivity index (χ1) is 28.4. The zero-order valence-electron chi connectivity index (χ0n) is 34.9. The summed E-state index contributed by atoms with van der Waals surface area (Å²) >= 11 is 0. The highest BCUT2D eigenvalue weighted by Crippen LogP contribution is 2.43. The molecule has 6 aromatic carbocycles. The van der Waals surface area contributed by atoms with E-state index in [1.165, 1.54) is 33.2 Å². The van der Waals surface area contributed by atoms with Crippen LogP contribution in [0.15, 0.2) is 176 Å². The molecule has 292 valence electrons. The maximum Gasteiger partial charge on any atom is 0.268 e. The van der Waals surface area contributed by atoms with Crippen molar-refractivity contribution in [3.63, 3.8) is 0 Å². The molecule has 0 unspecified atom stereocenters. The molecule has 0 aliphatic heterocycles. The van der Waals surface area contributed by atoms with E-state index >= 15 is 0 Å². The highest BCUT2D eigenvalue weighted by Gasteiger charge is 2.29. The van der Waals surface area contributed by atoms with Crippen LogP contribution in [0.5, 0.6) is 11.5 Å². The van der Waals surface area contributed by atoms with Gasteiger partial charge in [-0.25, -0.2) is 4.98 Å². The number of ether oxygens (including phenoxy) is 1. The lowest BCUT2D eigenvalue weighted by Gasteiger charge is -2.27. The van der Waals surface area contributed by atoms with E-state index in [0.717, 1.165) is 45.1 Å². The van der Waals surface area contributed by atoms with Gasteiger partial charge in [0.1, 0.15) is 17.3 Å². The fourth-order valence-corrected chi connectivity index (χ4v) is 8.40. The van der Waals surface area contributed by atoms with Gasteiger partial charge in [0.2, 0.25) is 0 Å². The van der Waals surface area contributed by atoms with E-state index < -0.39 is 0 Å². The lowest BCUT2D eigenvalue weighted by molar-refractivity contribution is -0.599. The molecule has 3 aromatic heterocycles. The predicted octanol–water partition coefficient (Wildman–Crippen LogP) is 12.8. The smallest absolute Gasteiger partial charge is 0.268 e. The number of benzene rings is 6. The third kappa shape index (κ3) is 7.01. The Balaban J connectivity index is 1.09. The molecule has 0 aliphatic rings. The second kappa shape index (κ2) is 14.6. The van der Waals surface area contributed by atoms with Crippen molar-refractivity contribution in [2.75, 3.05) is 0 Å². The van der Waals surface area contributed by atoms with Crippen LogP contribution in [0.25, 0.3) is 39.0 Å². The van der Waals surface area contributed by atoms with Crippen LogP contribution in [0.2, 0.25) is 0 Å². The fourth-order valence-electron chi connectivity index (χ4n) is 8.40. The van der Waals surface area contributed by atoms with Crippen molar-refractivity contribution < 1.29 is 9.30 Å². The molecule has 0 amide bonds. The first-order valence-electron chi connectivity index (χ1n) is 20.5. The number of aromatic nitrogens is 4. The summed E-state index contributed by atoms with van der Waals surface area (Å²) in [6.45, 7) is 15.9. The molecular formula is C54H50N4O. The molecule has 0 aliphatic carbocycles. The lowest BCUT2D eigenvalue weighted by Crippen LogP contribution is -2.29. The largest absolute Gasteiger partial charge is 0.458 e. The molecule has 0 bridgehead atoms. The summed E-state index contributed by atoms with van der Waals surface area (Å²) in [5.74, 6) is 2.37. The van der Waals surface area contributed by atoms with Crippen molar-refractivity contribution in [2.45, 2.75) is 64.7 Å². The van der Waals surface area contributed by atoms with Gasteiger partial charge in [0.15, 0.2) is 0 Å². The second-order valence-corrected chi connectivity index (χ2v) is 17.6. The molecule has 5 nitrogen and oxygen atoms in total. The minimum Gasteiger partial charge on any atom is -0.458 e. The van der Waals surface area contributed by atoms with Crippen LogP contribution in [0.4, 0.5) is 0 Å². The first-order valence-corrected chi connectivity index (χ1v) is 20.5. The Labute approximate surface area is 347 Å². The molecule has 0 N–H and O–H groups in total. The highest BCUT2D eigenvalue weighted by molar-refractivity contribution is 6.11. The van der Waals surface area contributed by atoms with Crippen molar-refractivity contribution in [3.05, 3.63) is 210 Å². The summed E-state index contributed by atoms with van der Waals surface area (Å²) in [5.41, 5.74) is 10.0. The van der Waals surface area contributed by atoms with Gasteiger partial charge in [-0.15, -0.1) is 0 Å². The van der Waals surface area contributed by atoms with Crippen LogP contribution < -0.4 is 9.30 Å². The Morgan fingerprint density at radius 3 is 1.98 bits per heavy atom. The van der Waals surface area contributed by atoms with Gasteiger partial charge in [-0.3, -0.25) is 13.7 Å². The number of pyridine rings is 1. The third-order valence-corrected chi connectivity index (χ3v) is 12.0. The number of hydrogen-bond acceptors (Lipinski definition) is 2. The molecule has 59 heavy (non-hydrogen) atoms. The van der Waals surface area contributed by atoms with Gasteiger partial charge in [-0.1, -0.05) is 139 Å². The quantitative estimate of drug-likeness (QED) is 0.108. The molecule has 9 aromatic rings. The summed E-state index contributed by atoms with van der Waals surface area (Å²) in [7, 11) is 0. The number of hydrogen-bond donors (Lipinski definition) is 0. The van der Waals surface area contributed by atoms with Gasteiger partial charge in [0.25, 0.3) is 6.33 Å². The van der Waals surface area contributed by atoms with Crippen molar-refractivity contribution >= 4 is 21.8 Å². The van der Waals surface area contributed by atoms with E-state index in [1.807, 2.05) is 39.9 Å². The maximum atomic E-state index is 6.70. The fraction of sp³-hybridized carbons (Fsp3) is 0.185. The molecule has 0 fully saturated rings. The average molecular weight is 771 g/mol. The molecule has 0 saturated heterocycles. The van der Waals surface area contributed by atoms with Crippen molar-refractivity contribution in [1.82, 2.24) is 14.1 Å². The van der Waals surface area contributed by atoms with Gasteiger partial charge < -0.3 is 4.74 Å². The number of fused-ring (bicyclic) bond motifs is 3. The zero-order valence-corrected chi connectivity index (χ0v) is 34.9. The van der Waals surface area contributed by atoms with E-state index in [4.69, 9.17) is 9.72 Å². The van der Waals surface area contributed by atoms with Crippen LogP contribution >= 0.6 is 0 Å². The molecule has 3 heterocycles. The average Bonchev–Trinajstić information content (AvgIpc) is 3.88. The summed E-state index contributed by atoms with van der Waals surface area (Å²) < 4.78 is 13.1. The van der Waals surface area contributed by atoms with Crippen molar-refractivity contribution in [1.29, 1.82) is 0 Å². The number of nitrogens with zero attached hydrogens (tertiary/aromatic N) is 4. The minimum absolute atomic E-state index is 0.0318. The van der Waals surface area contributed by atoms with Crippen molar-refractivity contribution in [3.8, 4) is 28.7 Å². The van der Waals surface area contributed by atoms with E-state index in [2.05, 4.69) is 205 Å². The van der Waals surface area contributed by atoms with Gasteiger partial charge in [0.05, 0.1) is 22.4 Å². The van der Waals surface area contributed by atoms with Crippen molar-refractivity contribution in [2.24, 2.45) is 0 Å². The van der Waals surface area contributed by atoms with E-state index in [-0.39, 0.29) is 16.2 Å². The molecule has 0 radical (unpaired) electrons. The third-order valence-electron chi connectivity index (χ3n) is 12.0. The molecule has 0 spiro atoms. The summed E-state index contributed by atoms with van der Waals surface area (Å²) in [4.78, 5) is 4.97. The molecule has 0 atom stereocenters. The van der Waals surface area contributed by atoms with Crippen LogP contribution in [0.3, 0.4) is 0 Å². The Hall–Kier alpha value is -6.72. The highest BCUT2D eigenvalue weighted by atomic mass is 16.5. The topological polar surface area (TPSA) is 35.9 Å². The summed E-state index contributed by atoms with van der Waals surface area (Å²) in [6.07, 6.45) is 9.54.